The zero-order valence-electron chi connectivity index (χ0n) is 21.2. The van der Waals surface area contributed by atoms with Crippen LogP contribution in [0.2, 0.25) is 0 Å². The molecule has 1 heterocycles. The Bertz CT molecular complexity index is 1210. The van der Waals surface area contributed by atoms with Gasteiger partial charge in [0.2, 0.25) is 10.0 Å². The van der Waals surface area contributed by atoms with Gasteiger partial charge in [-0.25, -0.2) is 13.8 Å². The molecule has 0 spiro atoms. The van der Waals surface area contributed by atoms with Crippen LogP contribution in [0.3, 0.4) is 0 Å². The van der Waals surface area contributed by atoms with Gasteiger partial charge in [0, 0.05) is 19.2 Å². The van der Waals surface area contributed by atoms with Crippen molar-refractivity contribution in [1.29, 1.82) is 0 Å². The van der Waals surface area contributed by atoms with Gasteiger partial charge >= 0.3 is 0 Å². The van der Waals surface area contributed by atoms with Crippen LogP contribution >= 0.6 is 0 Å². The lowest BCUT2D eigenvalue weighted by atomic mass is 10.1. The highest BCUT2D eigenvalue weighted by atomic mass is 32.2. The van der Waals surface area contributed by atoms with Crippen LogP contribution in [0.4, 0.5) is 5.69 Å². The summed E-state index contributed by atoms with van der Waals surface area (Å²) in [5.41, 5.74) is 3.17. The molecule has 3 rings (SSSR count). The standard InChI is InChI=1S/C25H32N4O7S/c1-34-21-11-12-23(35-2)22(15-21)29(37(3,32)33)17-24(30)27-26-16-19-7-9-20(10-8-19)36-18-25(31)28-13-5-4-6-14-28/h7-12,15-16H,4-6,13-14,17-18H2,1-3H3,(H,27,30)/b26-16-. The van der Waals surface area contributed by atoms with Crippen molar-refractivity contribution in [2.45, 2.75) is 19.3 Å². The number of hydrazone groups is 1. The van der Waals surface area contributed by atoms with E-state index in [1.807, 2.05) is 4.90 Å². The molecular formula is C25H32N4O7S. The number of hydrogen-bond acceptors (Lipinski definition) is 8. The van der Waals surface area contributed by atoms with E-state index in [9.17, 15) is 18.0 Å². The molecule has 1 N–H and O–H groups in total. The molecule has 37 heavy (non-hydrogen) atoms. The van der Waals surface area contributed by atoms with Crippen molar-refractivity contribution in [3.63, 3.8) is 0 Å². The summed E-state index contributed by atoms with van der Waals surface area (Å²) in [5.74, 6) is 0.543. The fourth-order valence-electron chi connectivity index (χ4n) is 3.75. The predicted molar refractivity (Wildman–Crippen MR) is 140 cm³/mol. The summed E-state index contributed by atoms with van der Waals surface area (Å²) in [7, 11) is -0.976. The Balaban J connectivity index is 1.56. The second kappa shape index (κ2) is 12.9. The van der Waals surface area contributed by atoms with Crippen molar-refractivity contribution in [2.75, 3.05) is 51.0 Å². The smallest absolute Gasteiger partial charge is 0.260 e. The normalized spacial score (nSPS) is 13.8. The molecule has 12 heteroatoms. The summed E-state index contributed by atoms with van der Waals surface area (Å²) in [6.45, 7) is 1.02. The topological polar surface area (TPSA) is 127 Å². The third-order valence-electron chi connectivity index (χ3n) is 5.70. The number of anilines is 1. The van der Waals surface area contributed by atoms with Gasteiger partial charge in [0.05, 0.1) is 32.4 Å². The summed E-state index contributed by atoms with van der Waals surface area (Å²) in [6.07, 6.45) is 5.61. The number of carbonyl (C=O) groups is 2. The van der Waals surface area contributed by atoms with Gasteiger partial charge in [0.25, 0.3) is 11.8 Å². The van der Waals surface area contributed by atoms with Crippen LogP contribution in [0.15, 0.2) is 47.6 Å². The van der Waals surface area contributed by atoms with Crippen LogP contribution < -0.4 is 23.9 Å². The van der Waals surface area contributed by atoms with E-state index in [0.29, 0.717) is 17.1 Å². The minimum Gasteiger partial charge on any atom is -0.497 e. The number of rotatable bonds is 11. The van der Waals surface area contributed by atoms with E-state index in [2.05, 4.69) is 10.5 Å². The number of amides is 2. The van der Waals surface area contributed by atoms with E-state index < -0.39 is 22.5 Å². The molecule has 0 aliphatic carbocycles. The van der Waals surface area contributed by atoms with Gasteiger partial charge in [0.15, 0.2) is 6.61 Å². The molecule has 0 atom stereocenters. The number of nitrogens with one attached hydrogen (secondary N) is 1. The molecule has 1 aliphatic heterocycles. The third-order valence-corrected chi connectivity index (χ3v) is 6.82. The first-order chi connectivity index (χ1) is 17.7. The second-order valence-corrected chi connectivity index (χ2v) is 10.3. The van der Waals surface area contributed by atoms with Crippen LogP contribution in [0.25, 0.3) is 0 Å². The minimum atomic E-state index is -3.83. The highest BCUT2D eigenvalue weighted by Gasteiger charge is 2.24. The Morgan fingerprint density at radius 3 is 2.32 bits per heavy atom. The lowest BCUT2D eigenvalue weighted by molar-refractivity contribution is -0.134. The van der Waals surface area contributed by atoms with Gasteiger partial charge in [-0.15, -0.1) is 0 Å². The Hall–Kier alpha value is -3.80. The SMILES string of the molecule is COc1ccc(OC)c(N(CC(=O)N/N=C\c2ccc(OCC(=O)N3CCCCC3)cc2)S(C)(=O)=O)c1. The molecule has 200 valence electrons. The number of nitrogens with zero attached hydrogens (tertiary/aromatic N) is 3. The van der Waals surface area contributed by atoms with Crippen LogP contribution in [-0.4, -0.2) is 78.1 Å². The highest BCUT2D eigenvalue weighted by molar-refractivity contribution is 7.92. The Kier molecular flexibility index (Phi) is 9.72. The minimum absolute atomic E-state index is 0.0155. The zero-order chi connectivity index (χ0) is 26.8. The van der Waals surface area contributed by atoms with Crippen LogP contribution in [-0.2, 0) is 19.6 Å². The Morgan fingerprint density at radius 2 is 1.70 bits per heavy atom. The first kappa shape index (κ1) is 27.8. The Morgan fingerprint density at radius 1 is 1.03 bits per heavy atom. The lowest BCUT2D eigenvalue weighted by Gasteiger charge is -2.26. The average Bonchev–Trinajstić information content (AvgIpc) is 2.90. The van der Waals surface area contributed by atoms with E-state index in [1.165, 1.54) is 26.5 Å². The Labute approximate surface area is 217 Å². The number of carbonyl (C=O) groups excluding carboxylic acids is 2. The maximum Gasteiger partial charge on any atom is 0.260 e. The van der Waals surface area contributed by atoms with Crippen molar-refractivity contribution in [3.8, 4) is 17.2 Å². The molecule has 2 aromatic rings. The quantitative estimate of drug-likeness (QED) is 0.346. The highest BCUT2D eigenvalue weighted by Crippen LogP contribution is 2.33. The number of ether oxygens (including phenoxy) is 3. The molecule has 0 bridgehead atoms. The average molecular weight is 533 g/mol. The summed E-state index contributed by atoms with van der Waals surface area (Å²) in [6, 6.07) is 11.5. The number of sulfonamides is 1. The van der Waals surface area contributed by atoms with Crippen LogP contribution in [0.1, 0.15) is 24.8 Å². The predicted octanol–water partition coefficient (Wildman–Crippen LogP) is 2.01. The molecule has 1 fully saturated rings. The van der Waals surface area contributed by atoms with Crippen LogP contribution in [0, 0.1) is 0 Å². The fraction of sp³-hybridized carbons (Fsp3) is 0.400. The molecule has 1 saturated heterocycles. The van der Waals surface area contributed by atoms with E-state index in [0.717, 1.165) is 42.9 Å². The lowest BCUT2D eigenvalue weighted by Crippen LogP contribution is -2.39. The molecule has 0 saturated carbocycles. The molecule has 2 amide bonds. The van der Waals surface area contributed by atoms with Gasteiger partial charge in [-0.2, -0.15) is 5.10 Å². The molecule has 11 nitrogen and oxygen atoms in total. The molecule has 0 aromatic heterocycles. The van der Waals surface area contributed by atoms with Gasteiger partial charge in [0.1, 0.15) is 23.8 Å². The number of piperidine rings is 1. The number of hydrogen-bond donors (Lipinski definition) is 1. The third kappa shape index (κ3) is 8.10. The summed E-state index contributed by atoms with van der Waals surface area (Å²) >= 11 is 0. The van der Waals surface area contributed by atoms with E-state index in [1.54, 1.807) is 36.4 Å². The van der Waals surface area contributed by atoms with Gasteiger partial charge in [-0.3, -0.25) is 13.9 Å². The van der Waals surface area contributed by atoms with Gasteiger partial charge in [-0.1, -0.05) is 0 Å². The maximum absolute atomic E-state index is 12.5. The monoisotopic (exact) mass is 532 g/mol. The molecule has 1 aliphatic rings. The van der Waals surface area contributed by atoms with Crippen molar-refractivity contribution >= 4 is 33.7 Å². The van der Waals surface area contributed by atoms with Crippen molar-refractivity contribution in [1.82, 2.24) is 10.3 Å². The van der Waals surface area contributed by atoms with Crippen molar-refractivity contribution in [3.05, 3.63) is 48.0 Å². The van der Waals surface area contributed by atoms with Crippen LogP contribution in [0.5, 0.6) is 17.2 Å². The molecular weight excluding hydrogens is 500 g/mol. The zero-order valence-corrected chi connectivity index (χ0v) is 22.0. The maximum atomic E-state index is 12.5. The van der Waals surface area contributed by atoms with Gasteiger partial charge in [-0.05, 0) is 61.2 Å². The second-order valence-electron chi connectivity index (χ2n) is 8.40. The molecule has 0 unspecified atom stereocenters. The summed E-state index contributed by atoms with van der Waals surface area (Å²) < 4.78 is 41.8. The summed E-state index contributed by atoms with van der Waals surface area (Å²) in [5, 5.41) is 3.91. The first-order valence-electron chi connectivity index (χ1n) is 11.7. The van der Waals surface area contributed by atoms with E-state index in [-0.39, 0.29) is 24.0 Å². The number of methoxy groups -OCH3 is 2. The molecule has 0 radical (unpaired) electrons. The number of likely N-dealkylation sites (tertiary alicyclic amines) is 1. The first-order valence-corrected chi connectivity index (χ1v) is 13.6. The van der Waals surface area contributed by atoms with Crippen molar-refractivity contribution < 1.29 is 32.2 Å². The van der Waals surface area contributed by atoms with E-state index in [4.69, 9.17) is 14.2 Å². The summed E-state index contributed by atoms with van der Waals surface area (Å²) in [4.78, 5) is 26.5. The van der Waals surface area contributed by atoms with Crippen molar-refractivity contribution in [2.24, 2.45) is 5.10 Å². The van der Waals surface area contributed by atoms with Gasteiger partial charge < -0.3 is 19.1 Å². The molecule has 2 aromatic carbocycles. The van der Waals surface area contributed by atoms with E-state index >= 15 is 0 Å². The fourth-order valence-corrected chi connectivity index (χ4v) is 4.60. The largest absolute Gasteiger partial charge is 0.497 e. The number of benzene rings is 2.